The normalized spacial score (nSPS) is 26.1. The van der Waals surface area contributed by atoms with Crippen LogP contribution in [0.4, 0.5) is 29.7 Å². The fraction of sp³-hybridized carbons (Fsp3) is 0.643. The number of fused-ring (bicyclic) bond motifs is 5. The van der Waals surface area contributed by atoms with Crippen molar-refractivity contribution in [2.24, 2.45) is 0 Å². The lowest BCUT2D eigenvalue weighted by molar-refractivity contribution is -0.0353. The molecule has 0 unspecified atom stereocenters. The second-order valence-electron chi connectivity index (χ2n) is 37.5. The van der Waals surface area contributed by atoms with Crippen molar-refractivity contribution < 1.29 is 88.6 Å². The molecule has 5 aliphatic rings. The highest BCUT2D eigenvalue weighted by Crippen LogP contribution is 2.47. The number of anilines is 5. The SMILES string of the molecule is C=P(C)(C)CC[C@H]1O[C@@H](n2cnc3c(=O)[nH]c(NCCCC)nc32)[C@H](O)[C@@H]1O.C=P(C)(C)CC[C@H]1O[C@@H](n2cnc3c(OC)nc(N)nc32)[C@H](O)[C@@H]1O.C=P(C)(C)CC[C@H]1O[C@@H](n2cnc3c(OCC)nc(N)nc32)[C@H](Cl)[C@@H]1O.C=P(C)(C)CC[C@H]1O[C@@H](n2cnc3c(OCCC)nc(N)nc32)[C@H](O)[C@@H]1O.C=P(C)(C)CC[C@H]1O[C@@H](n2cnc3c(OCCCC)nc(N)nc32)[C@H](O)[C@@H]1O. The molecule has 15 heterocycles. The number of hydrogen-bond acceptors (Lipinski definition) is 38. The van der Waals surface area contributed by atoms with Crippen molar-refractivity contribution in [2.75, 3.05) is 159 Å². The molecule has 44 nitrogen and oxygen atoms in total. The van der Waals surface area contributed by atoms with Gasteiger partial charge in [0, 0.05) is 6.54 Å². The van der Waals surface area contributed by atoms with Crippen LogP contribution in [-0.4, -0.2) is 397 Å². The number of imidazole rings is 5. The number of H-pyrrole nitrogens is 1. The molecule has 0 aliphatic carbocycles. The zero-order chi connectivity index (χ0) is 98.1. The second kappa shape index (κ2) is 45.3. The number of aromatic amines is 1. The van der Waals surface area contributed by atoms with Gasteiger partial charge in [-0.1, -0.05) is 33.6 Å². The number of methoxy groups -OCH3 is 1. The summed E-state index contributed by atoms with van der Waals surface area (Å²) in [7, 11) is 1.46. The summed E-state index contributed by atoms with van der Waals surface area (Å²) in [5, 5.41) is 96.7. The van der Waals surface area contributed by atoms with Crippen LogP contribution in [0.1, 0.15) is 123 Å². The zero-order valence-corrected chi connectivity index (χ0v) is 84.2. The van der Waals surface area contributed by atoms with E-state index in [2.05, 4.69) is 192 Å². The van der Waals surface area contributed by atoms with Crippen molar-refractivity contribution in [1.82, 2.24) is 97.6 Å². The van der Waals surface area contributed by atoms with Crippen LogP contribution in [0.5, 0.6) is 23.5 Å². The van der Waals surface area contributed by atoms with E-state index in [1.807, 2.05) is 13.8 Å². The maximum atomic E-state index is 12.3. The number of rotatable bonds is 34. The topological polar surface area (TPSA) is 619 Å². The van der Waals surface area contributed by atoms with E-state index in [4.69, 9.17) is 77.2 Å². The van der Waals surface area contributed by atoms with Crippen LogP contribution in [0.2, 0.25) is 0 Å². The number of nitrogens with one attached hydrogen (secondary N) is 2. The summed E-state index contributed by atoms with van der Waals surface area (Å²) in [4.78, 5) is 73.9. The summed E-state index contributed by atoms with van der Waals surface area (Å²) in [6, 6.07) is 0. The Kier molecular flexibility index (Phi) is 36.0. The molecule has 10 aromatic rings. The molecule has 0 amide bonds. The predicted octanol–water partition coefficient (Wildman–Crippen LogP) is 5.18. The number of nitrogens with zero attached hydrogens (tertiary/aromatic N) is 19. The lowest BCUT2D eigenvalue weighted by Gasteiger charge is -2.18. The molecule has 10 aromatic heterocycles. The molecule has 5 aliphatic heterocycles. The van der Waals surface area contributed by atoms with Crippen LogP contribution in [0.15, 0.2) is 36.4 Å². The molecule has 20 atom stereocenters. The summed E-state index contributed by atoms with van der Waals surface area (Å²) in [6.45, 7) is 25.2. The zero-order valence-electron chi connectivity index (χ0n) is 78.9. The highest BCUT2D eigenvalue weighted by Gasteiger charge is 2.50. The van der Waals surface area contributed by atoms with Gasteiger partial charge in [0.05, 0.1) is 89.1 Å². The van der Waals surface area contributed by atoms with E-state index in [1.165, 1.54) is 37.0 Å². The Morgan fingerprint density at radius 1 is 0.388 bits per heavy atom. The van der Waals surface area contributed by atoms with Crippen molar-refractivity contribution in [3.8, 4) is 23.5 Å². The van der Waals surface area contributed by atoms with Crippen LogP contribution >= 0.6 is 46.0 Å². The summed E-state index contributed by atoms with van der Waals surface area (Å²) in [5.41, 5.74) is 26.7. The van der Waals surface area contributed by atoms with Crippen molar-refractivity contribution in [2.45, 2.75) is 214 Å². The Bertz CT molecular complexity index is 5940. The summed E-state index contributed by atoms with van der Waals surface area (Å²) >= 11 is 6.47. The Morgan fingerprint density at radius 3 is 0.985 bits per heavy atom. The lowest BCUT2D eigenvalue weighted by atomic mass is 10.1. The predicted molar refractivity (Wildman–Crippen MR) is 535 cm³/mol. The molecular weight excluding hydrogens is 1850 g/mol. The van der Waals surface area contributed by atoms with Crippen molar-refractivity contribution in [3.63, 3.8) is 0 Å². The molecular formula is C84H137ClN25O19P5. The number of unbranched alkanes of at least 4 members (excludes halogenated alkanes) is 2. The van der Waals surface area contributed by atoms with Crippen LogP contribution in [0, 0.1) is 0 Å². The third-order valence-electron chi connectivity index (χ3n) is 22.6. The number of nitrogen functional groups attached to an aromatic ring is 4. The van der Waals surface area contributed by atoms with Gasteiger partial charge in [-0.3, -0.25) is 32.6 Å². The van der Waals surface area contributed by atoms with E-state index in [0.29, 0.717) is 132 Å². The molecule has 0 spiro atoms. The molecule has 19 N–H and O–H groups in total. The molecule has 0 bridgehead atoms. The van der Waals surface area contributed by atoms with Gasteiger partial charge in [-0.15, -0.1) is 77.5 Å². The Labute approximate surface area is 783 Å². The first-order chi connectivity index (χ1) is 63.0. The average Bonchev–Trinajstić information content (AvgIpc) is 1.64. The third kappa shape index (κ3) is 26.5. The molecule has 0 saturated carbocycles. The largest absolute Gasteiger partial charge is 0.479 e. The van der Waals surface area contributed by atoms with Crippen molar-refractivity contribution >= 4 is 163 Å². The van der Waals surface area contributed by atoms with E-state index in [1.54, 1.807) is 24.6 Å². The minimum absolute atomic E-state index is 0.0271. The quantitative estimate of drug-likeness (QED) is 0.0140. The minimum atomic E-state index is -1.27. The number of halogens is 1. The van der Waals surface area contributed by atoms with E-state index < -0.39 is 150 Å². The third-order valence-corrected chi connectivity index (χ3v) is 30.5. The first kappa shape index (κ1) is 106. The summed E-state index contributed by atoms with van der Waals surface area (Å²) in [5.74, 6) is 1.72. The molecule has 0 radical (unpaired) electrons. The fourth-order valence-corrected chi connectivity index (χ4v) is 20.5. The van der Waals surface area contributed by atoms with Crippen molar-refractivity contribution in [1.29, 1.82) is 0 Å². The summed E-state index contributed by atoms with van der Waals surface area (Å²) < 4.78 is 59.8. The number of hydrogen-bond donors (Lipinski definition) is 15. The lowest BCUT2D eigenvalue weighted by Crippen LogP contribution is -2.32. The number of aromatic nitrogens is 20. The molecule has 134 heavy (non-hydrogen) atoms. The van der Waals surface area contributed by atoms with E-state index in [9.17, 15) is 50.8 Å². The van der Waals surface area contributed by atoms with Gasteiger partial charge in [0.25, 0.3) is 5.56 Å². The van der Waals surface area contributed by atoms with Gasteiger partial charge < -0.3 is 117 Å². The van der Waals surface area contributed by atoms with Gasteiger partial charge in [0.15, 0.2) is 87.0 Å². The Balaban J connectivity index is 0.000000161. The highest BCUT2D eigenvalue weighted by molar-refractivity contribution is 7.73. The van der Waals surface area contributed by atoms with Crippen LogP contribution in [-0.2, 0) is 23.7 Å². The first-order valence-corrected chi connectivity index (χ1v) is 60.3. The van der Waals surface area contributed by atoms with Crippen LogP contribution in [0.25, 0.3) is 55.8 Å². The van der Waals surface area contributed by atoms with Gasteiger partial charge in [0.1, 0.15) is 60.3 Å². The fourth-order valence-electron chi connectivity index (χ4n) is 15.4. The highest BCUT2D eigenvalue weighted by atomic mass is 35.5. The van der Waals surface area contributed by atoms with Gasteiger partial charge in [-0.05, 0) is 156 Å². The Morgan fingerprint density at radius 2 is 0.672 bits per heavy atom. The standard InChI is InChI=1S/2C18H30N5O4P.C17H28N5O4P.C16H25ClN5O3P.C15H24N5O4P/c1-5-6-8-26-16-12-15(21-18(19)22-16)23(10-20-12)17-14(25)13(24)11(27-17)7-9-28(2,3)4;1-5-6-8-19-18-21-15-12(16(26)22-18)20-10-23(15)17-14(25)13(24)11(27-17)7-9-28(2,3)4;1-5-7-25-15-11-14(20-17(18)21-15)22(9-19-11)16-13(24)12(23)10(26-16)6-8-27(2,3)4;1-5-24-14-11-13(20-16(18)21-14)22(8-19-11)15-10(17)12(23)9(25-15)6-7-26(2,3)4;1-23-13-9-12(18-15(16)19-13)20(7-17-9)14-11(22)10(21)8(24-14)5-6-25(2,3)4/h10-11,13-14,17,24-25H,2,5-9H2,1,3-4H3,(H2,19,21,22);10-11,13-14,17,24-25H,2,5-9H2,1,3-4H3,(H2,19,21,22,26);9-10,12-13,16,23-24H,2,5-8H2,1,3-4H3,(H2,18,20,21);8-10,12,15,23H,2,5-7H2,1,3-4H3,(H2,18,20,21);7-8,10-11,14,21-22H,2,5-6H2,1,3-4H3,(H2,16,18,19)/t2*11-,13-,14-,17-;10-,12-,13-,16-;9-,10-,12-,15-;8-,10-,11-,14-/m11111/s1. The minimum Gasteiger partial charge on any atom is -0.479 e. The number of ether oxygens (including phenoxy) is 9. The molecule has 15 rings (SSSR count). The molecule has 50 heteroatoms. The number of nitrogens with two attached hydrogens (primary N) is 4. The van der Waals surface area contributed by atoms with Gasteiger partial charge in [-0.25, -0.2) is 24.9 Å². The molecule has 5 saturated heterocycles. The summed E-state index contributed by atoms with van der Waals surface area (Å²) in [6.07, 6.45) is 25.2. The van der Waals surface area contributed by atoms with Gasteiger partial charge >= 0.3 is 0 Å². The second-order valence-corrected chi connectivity index (χ2v) is 59.6. The monoisotopic (exact) mass is 1990 g/mol. The van der Waals surface area contributed by atoms with E-state index in [0.717, 1.165) is 62.9 Å². The smallest absolute Gasteiger partial charge is 0.280 e. The number of aliphatic hydroxyl groups is 9. The maximum absolute atomic E-state index is 12.3. The molecule has 744 valence electrons. The van der Waals surface area contributed by atoms with E-state index >= 15 is 0 Å². The number of aliphatic hydroxyl groups excluding tert-OH is 9. The van der Waals surface area contributed by atoms with E-state index in [-0.39, 0.29) is 46.9 Å². The van der Waals surface area contributed by atoms with Crippen molar-refractivity contribution in [3.05, 3.63) is 42.0 Å². The maximum Gasteiger partial charge on any atom is 0.280 e. The Hall–Kier alpha value is -8.02. The van der Waals surface area contributed by atoms with Crippen LogP contribution < -0.4 is 52.8 Å². The number of alkyl halides is 1. The molecule has 5 fully saturated rings. The van der Waals surface area contributed by atoms with Gasteiger partial charge in [-0.2, -0.15) is 44.9 Å². The van der Waals surface area contributed by atoms with Gasteiger partial charge in [0.2, 0.25) is 53.3 Å². The van der Waals surface area contributed by atoms with Crippen LogP contribution in [0.3, 0.4) is 0 Å². The first-order valence-electron chi connectivity index (χ1n) is 44.6. The molecule has 0 aromatic carbocycles. The average molecular weight is 1990 g/mol.